The van der Waals surface area contributed by atoms with Gasteiger partial charge in [-0.1, -0.05) is 36.6 Å². The highest BCUT2D eigenvalue weighted by molar-refractivity contribution is 6.30. The number of hydrogen-bond donors (Lipinski definition) is 0. The fourth-order valence-electron chi connectivity index (χ4n) is 2.36. The molecule has 2 nitrogen and oxygen atoms in total. The Morgan fingerprint density at radius 1 is 1.28 bits per heavy atom. The zero-order valence-corrected chi connectivity index (χ0v) is 10.8. The average molecular weight is 263 g/mol. The van der Waals surface area contributed by atoms with Crippen LogP contribution >= 0.6 is 11.6 Å². The summed E-state index contributed by atoms with van der Waals surface area (Å²) >= 11 is 5.88. The molecule has 0 heterocycles. The summed E-state index contributed by atoms with van der Waals surface area (Å²) in [5.41, 5.74) is 1.04. The molecule has 0 N–H and O–H groups in total. The second-order valence-corrected chi connectivity index (χ2v) is 5.05. The van der Waals surface area contributed by atoms with Gasteiger partial charge in [0.2, 0.25) is 0 Å². The lowest BCUT2D eigenvalue weighted by atomic mass is 9.95. The van der Waals surface area contributed by atoms with E-state index in [4.69, 9.17) is 11.6 Å². The molecule has 0 saturated heterocycles. The lowest BCUT2D eigenvalue weighted by Crippen LogP contribution is -2.14. The average Bonchev–Trinajstić information content (AvgIpc) is 2.89. The van der Waals surface area contributed by atoms with Crippen molar-refractivity contribution in [2.75, 3.05) is 0 Å². The van der Waals surface area contributed by atoms with Gasteiger partial charge in [-0.25, -0.2) is 0 Å². The molecule has 0 radical (unpaired) electrons. The molecule has 1 saturated carbocycles. The van der Waals surface area contributed by atoms with Crippen LogP contribution in [0.5, 0.6) is 0 Å². The zero-order valence-electron chi connectivity index (χ0n) is 10.1. The summed E-state index contributed by atoms with van der Waals surface area (Å²) in [5, 5.41) is 0.599. The van der Waals surface area contributed by atoms with Gasteiger partial charge in [-0.15, -0.1) is 0 Å². The van der Waals surface area contributed by atoms with Crippen LogP contribution in [0.15, 0.2) is 29.8 Å². The van der Waals surface area contributed by atoms with Crippen LogP contribution in [0.3, 0.4) is 0 Å². The number of hydrogen-bond acceptors (Lipinski definition) is 2. The van der Waals surface area contributed by atoms with Gasteiger partial charge in [-0.3, -0.25) is 9.59 Å². The molecule has 1 aromatic carbocycles. The molecule has 3 heteroatoms. The molecule has 0 spiro atoms. The molecular weight excluding hydrogens is 248 g/mol. The van der Waals surface area contributed by atoms with Crippen molar-refractivity contribution in [2.45, 2.75) is 25.7 Å². The Hall–Kier alpha value is -1.41. The first-order chi connectivity index (χ1) is 8.70. The molecule has 2 rings (SSSR count). The smallest absolute Gasteiger partial charge is 0.169 e. The van der Waals surface area contributed by atoms with Gasteiger partial charge in [0.15, 0.2) is 12.1 Å². The minimum absolute atomic E-state index is 0.0255. The molecule has 18 heavy (non-hydrogen) atoms. The third-order valence-electron chi connectivity index (χ3n) is 3.31. The number of Topliss-reactive ketones (excluding diaryl/α,β-unsaturated/α-hetero) is 1. The zero-order chi connectivity index (χ0) is 13.0. The lowest BCUT2D eigenvalue weighted by molar-refractivity contribution is -0.120. The van der Waals surface area contributed by atoms with Crippen LogP contribution in [0.4, 0.5) is 0 Å². The molecule has 1 aromatic rings. The first-order valence-corrected chi connectivity index (χ1v) is 6.55. The van der Waals surface area contributed by atoms with Crippen molar-refractivity contribution in [3.63, 3.8) is 0 Å². The summed E-state index contributed by atoms with van der Waals surface area (Å²) in [6.45, 7) is 0. The molecule has 0 aliphatic heterocycles. The normalized spacial score (nSPS) is 16.8. The molecule has 1 fully saturated rings. The number of halogens is 1. The predicted molar refractivity (Wildman–Crippen MR) is 72.5 cm³/mol. The lowest BCUT2D eigenvalue weighted by Gasteiger charge is -2.07. The topological polar surface area (TPSA) is 34.1 Å². The van der Waals surface area contributed by atoms with Crippen LogP contribution in [0.1, 0.15) is 31.2 Å². The summed E-state index contributed by atoms with van der Waals surface area (Å²) in [5.74, 6) is 0.00288. The maximum atomic E-state index is 12.1. The number of benzene rings is 1. The van der Waals surface area contributed by atoms with Crippen LogP contribution in [0.2, 0.25) is 5.02 Å². The van der Waals surface area contributed by atoms with Gasteiger partial charge in [0.1, 0.15) is 0 Å². The van der Waals surface area contributed by atoms with E-state index in [9.17, 15) is 9.59 Å². The maximum absolute atomic E-state index is 12.1. The Labute approximate surface area is 112 Å². The van der Waals surface area contributed by atoms with E-state index in [1.807, 2.05) is 6.07 Å². The van der Waals surface area contributed by atoms with Crippen molar-refractivity contribution < 1.29 is 9.59 Å². The molecule has 0 amide bonds. The van der Waals surface area contributed by atoms with Gasteiger partial charge in [0, 0.05) is 10.9 Å². The van der Waals surface area contributed by atoms with Crippen molar-refractivity contribution in [2.24, 2.45) is 5.92 Å². The fourth-order valence-corrected chi connectivity index (χ4v) is 2.56. The molecule has 0 atom stereocenters. The van der Waals surface area contributed by atoms with Gasteiger partial charge in [0.25, 0.3) is 0 Å². The minimum atomic E-state index is -0.0255. The number of carbonyl (C=O) groups is 2. The molecule has 1 aliphatic carbocycles. The highest BCUT2D eigenvalue weighted by atomic mass is 35.5. The third kappa shape index (κ3) is 3.08. The monoisotopic (exact) mass is 262 g/mol. The fraction of sp³-hybridized carbons (Fsp3) is 0.333. The van der Waals surface area contributed by atoms with E-state index in [1.54, 1.807) is 24.3 Å². The Morgan fingerprint density at radius 2 is 2.00 bits per heavy atom. The van der Waals surface area contributed by atoms with Crippen molar-refractivity contribution in [3.8, 4) is 0 Å². The number of aldehydes is 1. The molecule has 0 aromatic heterocycles. The first-order valence-electron chi connectivity index (χ1n) is 6.17. The summed E-state index contributed by atoms with van der Waals surface area (Å²) in [7, 11) is 0. The van der Waals surface area contributed by atoms with Gasteiger partial charge < -0.3 is 0 Å². The molecular formula is C15H15ClO2. The Balaban J connectivity index is 2.22. The second-order valence-electron chi connectivity index (χ2n) is 4.62. The summed E-state index contributed by atoms with van der Waals surface area (Å²) < 4.78 is 0. The van der Waals surface area contributed by atoms with E-state index < -0.39 is 0 Å². The van der Waals surface area contributed by atoms with Crippen LogP contribution in [-0.2, 0) is 9.59 Å². The minimum Gasteiger partial charge on any atom is -0.298 e. The van der Waals surface area contributed by atoms with E-state index in [1.165, 1.54) is 0 Å². The van der Waals surface area contributed by atoms with Crippen LogP contribution in [0, 0.1) is 5.92 Å². The summed E-state index contributed by atoms with van der Waals surface area (Å²) in [6.07, 6.45) is 6.25. The van der Waals surface area contributed by atoms with Crippen molar-refractivity contribution in [3.05, 3.63) is 40.4 Å². The Kier molecular flexibility index (Phi) is 4.32. The van der Waals surface area contributed by atoms with E-state index in [-0.39, 0.29) is 17.3 Å². The number of ketones is 1. The molecule has 94 valence electrons. The van der Waals surface area contributed by atoms with E-state index >= 15 is 0 Å². The first kappa shape index (κ1) is 13.0. The van der Waals surface area contributed by atoms with Crippen molar-refractivity contribution in [1.82, 2.24) is 0 Å². The highest BCUT2D eigenvalue weighted by Gasteiger charge is 2.25. The van der Waals surface area contributed by atoms with Crippen LogP contribution in [0.25, 0.3) is 6.08 Å². The number of allylic oxidation sites excluding steroid dienone is 1. The molecule has 0 bridgehead atoms. The van der Waals surface area contributed by atoms with E-state index in [2.05, 4.69) is 0 Å². The number of rotatable bonds is 4. The third-order valence-corrected chi connectivity index (χ3v) is 3.54. The molecule has 1 aliphatic rings. The Bertz CT molecular complexity index is 485. The SMILES string of the molecule is O=CC(=Cc1cccc(Cl)c1)C(=O)C1CCCC1. The van der Waals surface area contributed by atoms with Gasteiger partial charge in [-0.05, 0) is 36.6 Å². The highest BCUT2D eigenvalue weighted by Crippen LogP contribution is 2.28. The molecule has 0 unspecified atom stereocenters. The summed E-state index contributed by atoms with van der Waals surface area (Å²) in [4.78, 5) is 23.2. The predicted octanol–water partition coefficient (Wildman–Crippen LogP) is 3.68. The summed E-state index contributed by atoms with van der Waals surface area (Å²) in [6, 6.07) is 7.14. The van der Waals surface area contributed by atoms with Crippen LogP contribution in [-0.4, -0.2) is 12.1 Å². The number of carbonyl (C=O) groups excluding carboxylic acids is 2. The standard InChI is InChI=1S/C15H15ClO2/c16-14-7-3-4-11(9-14)8-13(10-17)15(18)12-5-1-2-6-12/h3-4,7-10,12H,1-2,5-6H2. The van der Waals surface area contributed by atoms with Gasteiger partial charge >= 0.3 is 0 Å². The Morgan fingerprint density at radius 3 is 2.61 bits per heavy atom. The van der Waals surface area contributed by atoms with Crippen molar-refractivity contribution >= 4 is 29.7 Å². The van der Waals surface area contributed by atoms with E-state index in [0.717, 1.165) is 31.2 Å². The van der Waals surface area contributed by atoms with Crippen molar-refractivity contribution in [1.29, 1.82) is 0 Å². The maximum Gasteiger partial charge on any atom is 0.169 e. The second kappa shape index (κ2) is 5.96. The van der Waals surface area contributed by atoms with E-state index in [0.29, 0.717) is 11.3 Å². The van der Waals surface area contributed by atoms with Gasteiger partial charge in [0.05, 0.1) is 5.57 Å². The van der Waals surface area contributed by atoms with Crippen LogP contribution < -0.4 is 0 Å². The quantitative estimate of drug-likeness (QED) is 0.359. The largest absolute Gasteiger partial charge is 0.298 e. The van der Waals surface area contributed by atoms with Gasteiger partial charge in [-0.2, -0.15) is 0 Å².